The van der Waals surface area contributed by atoms with Crippen LogP contribution in [0.25, 0.3) is 0 Å². The van der Waals surface area contributed by atoms with Gasteiger partial charge in [-0.25, -0.2) is 14.4 Å². The summed E-state index contributed by atoms with van der Waals surface area (Å²) in [5, 5.41) is 14.7. The summed E-state index contributed by atoms with van der Waals surface area (Å²) >= 11 is 0. The largest absolute Gasteiger partial charge is 0.480 e. The maximum atomic E-state index is 12.0. The fourth-order valence-electron chi connectivity index (χ4n) is 3.40. The Morgan fingerprint density at radius 2 is 1.56 bits per heavy atom. The molecule has 2 amide bonds. The number of nitrogens with one attached hydrogen (secondary N) is 2. The van der Waals surface area contributed by atoms with Crippen LogP contribution < -0.4 is 10.6 Å². The molecule has 0 saturated heterocycles. The summed E-state index contributed by atoms with van der Waals surface area (Å²) in [5.74, 6) is -1.10. The number of carboxylic acids is 1. The van der Waals surface area contributed by atoms with E-state index < -0.39 is 35.4 Å². The molecule has 2 atom stereocenters. The van der Waals surface area contributed by atoms with E-state index in [0.29, 0.717) is 37.1 Å². The van der Waals surface area contributed by atoms with Crippen LogP contribution >= 0.6 is 0 Å². The summed E-state index contributed by atoms with van der Waals surface area (Å²) in [6.45, 7) is 19.9. The van der Waals surface area contributed by atoms with Crippen LogP contribution in [0.1, 0.15) is 67.7 Å². The molecule has 9 nitrogen and oxygen atoms in total. The van der Waals surface area contributed by atoms with Gasteiger partial charge in [0.1, 0.15) is 17.2 Å². The summed E-state index contributed by atoms with van der Waals surface area (Å²) in [6, 6.07) is -1.03. The third-order valence-corrected chi connectivity index (χ3v) is 4.58. The van der Waals surface area contributed by atoms with Crippen LogP contribution in [-0.2, 0) is 14.3 Å². The molecule has 0 aromatic rings. The monoisotopic (exact) mass is 458 g/mol. The lowest BCUT2D eigenvalue weighted by Crippen LogP contribution is -2.53. The summed E-state index contributed by atoms with van der Waals surface area (Å²) in [7, 11) is 0. The van der Waals surface area contributed by atoms with Gasteiger partial charge in [-0.05, 0) is 66.9 Å². The molecule has 0 spiro atoms. The van der Waals surface area contributed by atoms with E-state index in [2.05, 4.69) is 24.1 Å². The lowest BCUT2D eigenvalue weighted by molar-refractivity contribution is -0.922. The van der Waals surface area contributed by atoms with Gasteiger partial charge in [0.05, 0.1) is 32.7 Å². The molecule has 0 bridgehead atoms. The Bertz CT molecular complexity index is 624. The highest BCUT2D eigenvalue weighted by atomic mass is 16.6. The lowest BCUT2D eigenvalue weighted by atomic mass is 10.1. The first-order chi connectivity index (χ1) is 14.6. The zero-order valence-electron chi connectivity index (χ0n) is 21.0. The van der Waals surface area contributed by atoms with Crippen molar-refractivity contribution in [2.75, 3.05) is 32.7 Å². The first kappa shape index (κ1) is 29.7. The molecule has 3 N–H and O–H groups in total. The van der Waals surface area contributed by atoms with Gasteiger partial charge in [-0.2, -0.15) is 0 Å². The number of amides is 2. The minimum absolute atomic E-state index is 0.273. The van der Waals surface area contributed by atoms with Gasteiger partial charge in [0.15, 0.2) is 0 Å². The standard InChI is InChI=1S/C23H43N3O6/c1-9-14-26(15-10-2,17-13-24-20(29)31-22(3,4)5)16-11-12-18(19(27)28)25-21(30)32-23(6,7)8/h9,18H,1,10-17H2,2-8H3,(H2-,24,25,27,28,29,30)/p+1/t18-,26?/m0/s1. The summed E-state index contributed by atoms with van der Waals surface area (Å²) in [4.78, 5) is 35.6. The highest BCUT2D eigenvalue weighted by Gasteiger charge is 2.28. The van der Waals surface area contributed by atoms with E-state index in [0.717, 1.165) is 13.0 Å². The number of ether oxygens (including phenoxy) is 2. The predicted octanol–water partition coefficient (Wildman–Crippen LogP) is 3.68. The Balaban J connectivity index is 4.98. The van der Waals surface area contributed by atoms with Crippen LogP contribution in [0.15, 0.2) is 12.7 Å². The molecule has 0 fully saturated rings. The number of nitrogens with zero attached hydrogens (tertiary/aromatic N) is 1. The van der Waals surface area contributed by atoms with Gasteiger partial charge >= 0.3 is 18.2 Å². The Morgan fingerprint density at radius 1 is 1.00 bits per heavy atom. The number of carboxylic acid groups (broad SMARTS) is 1. The quantitative estimate of drug-likeness (QED) is 0.287. The van der Waals surface area contributed by atoms with E-state index in [1.807, 2.05) is 26.8 Å². The van der Waals surface area contributed by atoms with E-state index in [1.165, 1.54) is 0 Å². The van der Waals surface area contributed by atoms with Crippen molar-refractivity contribution in [3.8, 4) is 0 Å². The number of carbonyl (C=O) groups is 3. The predicted molar refractivity (Wildman–Crippen MR) is 124 cm³/mol. The Labute approximate surface area is 193 Å². The summed E-state index contributed by atoms with van der Waals surface area (Å²) in [5.41, 5.74) is -1.26. The third-order valence-electron chi connectivity index (χ3n) is 4.58. The van der Waals surface area contributed by atoms with Gasteiger partial charge < -0.3 is 29.7 Å². The smallest absolute Gasteiger partial charge is 0.408 e. The van der Waals surface area contributed by atoms with Crippen molar-refractivity contribution in [1.29, 1.82) is 0 Å². The van der Waals surface area contributed by atoms with Crippen molar-refractivity contribution >= 4 is 18.2 Å². The number of aliphatic carboxylic acids is 1. The molecule has 0 aromatic heterocycles. The van der Waals surface area contributed by atoms with Crippen LogP contribution in [0.3, 0.4) is 0 Å². The van der Waals surface area contributed by atoms with Gasteiger partial charge in [-0.3, -0.25) is 0 Å². The van der Waals surface area contributed by atoms with Gasteiger partial charge in [0, 0.05) is 0 Å². The fourth-order valence-corrected chi connectivity index (χ4v) is 3.40. The molecule has 0 saturated carbocycles. The number of quaternary nitrogens is 1. The maximum Gasteiger partial charge on any atom is 0.408 e. The zero-order valence-corrected chi connectivity index (χ0v) is 21.0. The van der Waals surface area contributed by atoms with Crippen molar-refractivity contribution in [2.45, 2.75) is 85.0 Å². The minimum atomic E-state index is -1.10. The summed E-state index contributed by atoms with van der Waals surface area (Å²) in [6.07, 6.45) is 2.42. The number of hydrogen-bond acceptors (Lipinski definition) is 5. The normalized spacial score (nSPS) is 14.6. The van der Waals surface area contributed by atoms with Crippen molar-refractivity contribution < 1.29 is 33.4 Å². The zero-order chi connectivity index (χ0) is 25.0. The molecular formula is C23H44N3O6+. The summed E-state index contributed by atoms with van der Waals surface area (Å²) < 4.78 is 11.1. The van der Waals surface area contributed by atoms with Crippen molar-refractivity contribution in [1.82, 2.24) is 10.6 Å². The van der Waals surface area contributed by atoms with Crippen LogP contribution in [-0.4, -0.2) is 77.7 Å². The van der Waals surface area contributed by atoms with Crippen LogP contribution in [0.2, 0.25) is 0 Å². The molecule has 0 radical (unpaired) electrons. The molecule has 186 valence electrons. The molecule has 0 aliphatic heterocycles. The Kier molecular flexibility index (Phi) is 12.3. The third kappa shape index (κ3) is 13.9. The number of rotatable bonds is 13. The molecule has 32 heavy (non-hydrogen) atoms. The molecule has 0 heterocycles. The minimum Gasteiger partial charge on any atom is -0.480 e. The van der Waals surface area contributed by atoms with Crippen LogP contribution in [0.4, 0.5) is 9.59 Å². The molecule has 9 heteroatoms. The van der Waals surface area contributed by atoms with Crippen LogP contribution in [0.5, 0.6) is 0 Å². The topological polar surface area (TPSA) is 114 Å². The van der Waals surface area contributed by atoms with E-state index in [-0.39, 0.29) is 6.42 Å². The van der Waals surface area contributed by atoms with Gasteiger partial charge in [-0.1, -0.05) is 13.5 Å². The first-order valence-corrected chi connectivity index (χ1v) is 11.3. The lowest BCUT2D eigenvalue weighted by Gasteiger charge is -2.38. The SMILES string of the molecule is C=CC[N+](CCC)(CCC[C@H](NC(=O)OC(C)(C)C)C(=O)O)CCNC(=O)OC(C)(C)C. The van der Waals surface area contributed by atoms with Crippen molar-refractivity contribution in [3.05, 3.63) is 12.7 Å². The average Bonchev–Trinajstić information content (AvgIpc) is 2.58. The van der Waals surface area contributed by atoms with Crippen molar-refractivity contribution in [2.24, 2.45) is 0 Å². The van der Waals surface area contributed by atoms with E-state index in [9.17, 15) is 19.5 Å². The molecule has 0 aliphatic carbocycles. The second-order valence-electron chi connectivity index (χ2n) is 10.1. The first-order valence-electron chi connectivity index (χ1n) is 11.3. The molecule has 1 unspecified atom stereocenters. The van der Waals surface area contributed by atoms with Crippen molar-refractivity contribution in [3.63, 3.8) is 0 Å². The second-order valence-corrected chi connectivity index (χ2v) is 10.1. The van der Waals surface area contributed by atoms with E-state index in [4.69, 9.17) is 9.47 Å². The number of carbonyl (C=O) groups excluding carboxylic acids is 2. The number of alkyl carbamates (subject to hydrolysis) is 2. The Morgan fingerprint density at radius 3 is 2.03 bits per heavy atom. The van der Waals surface area contributed by atoms with Gasteiger partial charge in [0.25, 0.3) is 0 Å². The Hall–Kier alpha value is -2.29. The average molecular weight is 459 g/mol. The van der Waals surface area contributed by atoms with E-state index in [1.54, 1.807) is 20.8 Å². The van der Waals surface area contributed by atoms with Gasteiger partial charge in [-0.15, -0.1) is 0 Å². The molecular weight excluding hydrogens is 414 g/mol. The molecule has 0 rings (SSSR count). The molecule has 0 aliphatic rings. The highest BCUT2D eigenvalue weighted by Crippen LogP contribution is 2.14. The highest BCUT2D eigenvalue weighted by molar-refractivity contribution is 5.79. The fraction of sp³-hybridized carbons (Fsp3) is 0.783. The molecule has 0 aromatic carbocycles. The number of hydrogen-bond donors (Lipinski definition) is 3. The maximum absolute atomic E-state index is 12.0. The van der Waals surface area contributed by atoms with Gasteiger partial charge in [0.2, 0.25) is 0 Å². The van der Waals surface area contributed by atoms with Crippen LogP contribution in [0, 0.1) is 0 Å². The second kappa shape index (κ2) is 13.3. The van der Waals surface area contributed by atoms with E-state index >= 15 is 0 Å².